The Bertz CT molecular complexity index is 1440. The number of rotatable bonds is 4. The molecule has 10 nitrogen and oxygen atoms in total. The highest BCUT2D eigenvalue weighted by atomic mass is 16.5. The van der Waals surface area contributed by atoms with E-state index in [1.807, 2.05) is 30.5 Å². The third kappa shape index (κ3) is 3.32. The van der Waals surface area contributed by atoms with Gasteiger partial charge in [-0.3, -0.25) is 9.69 Å². The predicted molar refractivity (Wildman–Crippen MR) is 131 cm³/mol. The Morgan fingerprint density at radius 2 is 1.86 bits per heavy atom. The SMILES string of the molecule is CCn1c(-c2cnc(C)nc2)nc2c(-c3ccc4c(c3)C(C)(N3CCOCC3)C(=O)N4)ncnc21. The molecule has 0 saturated carbocycles. The Hall–Kier alpha value is -3.76. The summed E-state index contributed by atoms with van der Waals surface area (Å²) in [5, 5.41) is 3.06. The number of carbonyl (C=O) groups is 1. The van der Waals surface area contributed by atoms with Crippen molar-refractivity contribution < 1.29 is 9.53 Å². The van der Waals surface area contributed by atoms with Crippen LogP contribution in [0.25, 0.3) is 33.8 Å². The van der Waals surface area contributed by atoms with Gasteiger partial charge in [-0.2, -0.15) is 0 Å². The van der Waals surface area contributed by atoms with Gasteiger partial charge in [0.05, 0.1) is 18.8 Å². The first-order valence-electron chi connectivity index (χ1n) is 11.8. The lowest BCUT2D eigenvalue weighted by atomic mass is 9.89. The van der Waals surface area contributed by atoms with Crippen LogP contribution in [-0.4, -0.2) is 66.6 Å². The van der Waals surface area contributed by atoms with Crippen molar-refractivity contribution in [2.45, 2.75) is 32.9 Å². The number of imidazole rings is 1. The van der Waals surface area contributed by atoms with Gasteiger partial charge in [-0.05, 0) is 32.9 Å². The largest absolute Gasteiger partial charge is 0.379 e. The number of aromatic nitrogens is 6. The van der Waals surface area contributed by atoms with E-state index in [-0.39, 0.29) is 5.91 Å². The van der Waals surface area contributed by atoms with E-state index in [2.05, 4.69) is 43.1 Å². The second kappa shape index (κ2) is 8.17. The number of aryl methyl sites for hydroxylation is 2. The number of carbonyl (C=O) groups excluding carboxylic acids is 1. The first-order valence-corrected chi connectivity index (χ1v) is 11.8. The molecule has 10 heteroatoms. The number of ether oxygens (including phenoxy) is 1. The van der Waals surface area contributed by atoms with Crippen LogP contribution in [0.3, 0.4) is 0 Å². The van der Waals surface area contributed by atoms with E-state index < -0.39 is 5.54 Å². The minimum absolute atomic E-state index is 0.0173. The highest BCUT2D eigenvalue weighted by molar-refractivity contribution is 6.06. The van der Waals surface area contributed by atoms with Gasteiger partial charge in [-0.15, -0.1) is 0 Å². The number of nitrogens with zero attached hydrogens (tertiary/aromatic N) is 7. The van der Waals surface area contributed by atoms with Gasteiger partial charge < -0.3 is 14.6 Å². The molecule has 1 unspecified atom stereocenters. The normalized spacial score (nSPS) is 20.3. The molecule has 3 aromatic heterocycles. The summed E-state index contributed by atoms with van der Waals surface area (Å²) >= 11 is 0. The molecule has 0 aliphatic carbocycles. The molecule has 5 heterocycles. The number of nitrogens with one attached hydrogen (secondary N) is 1. The zero-order valence-corrected chi connectivity index (χ0v) is 19.9. The van der Waals surface area contributed by atoms with Crippen LogP contribution in [0.1, 0.15) is 25.2 Å². The maximum absolute atomic E-state index is 13.1. The summed E-state index contributed by atoms with van der Waals surface area (Å²) in [6, 6.07) is 5.99. The summed E-state index contributed by atoms with van der Waals surface area (Å²) < 4.78 is 7.57. The van der Waals surface area contributed by atoms with E-state index in [4.69, 9.17) is 9.72 Å². The van der Waals surface area contributed by atoms with E-state index in [1.54, 1.807) is 18.7 Å². The van der Waals surface area contributed by atoms with Crippen LogP contribution in [0.4, 0.5) is 5.69 Å². The van der Waals surface area contributed by atoms with Crippen molar-refractivity contribution in [3.8, 4) is 22.6 Å². The van der Waals surface area contributed by atoms with Crippen molar-refractivity contribution in [2.75, 3.05) is 31.6 Å². The van der Waals surface area contributed by atoms with Crippen molar-refractivity contribution in [1.29, 1.82) is 0 Å². The highest BCUT2D eigenvalue weighted by Gasteiger charge is 2.47. The molecule has 6 rings (SSSR count). The zero-order valence-electron chi connectivity index (χ0n) is 19.9. The highest BCUT2D eigenvalue weighted by Crippen LogP contribution is 2.43. The van der Waals surface area contributed by atoms with Crippen molar-refractivity contribution in [1.82, 2.24) is 34.4 Å². The molecular formula is C25H26N8O2. The van der Waals surface area contributed by atoms with Crippen LogP contribution in [0.2, 0.25) is 0 Å². The topological polar surface area (TPSA) is 111 Å². The molecule has 1 fully saturated rings. The Kier molecular flexibility index (Phi) is 5.08. The Labute approximate surface area is 202 Å². The quantitative estimate of drug-likeness (QED) is 0.485. The second-order valence-electron chi connectivity index (χ2n) is 8.98. The monoisotopic (exact) mass is 470 g/mol. The molecule has 1 N–H and O–H groups in total. The molecule has 1 atom stereocenters. The summed E-state index contributed by atoms with van der Waals surface area (Å²) in [5.74, 6) is 1.44. The maximum Gasteiger partial charge on any atom is 0.249 e. The number of hydrogen-bond donors (Lipinski definition) is 1. The van der Waals surface area contributed by atoms with Crippen molar-refractivity contribution in [3.05, 3.63) is 48.3 Å². The number of fused-ring (bicyclic) bond motifs is 2. The van der Waals surface area contributed by atoms with Gasteiger partial charge >= 0.3 is 0 Å². The van der Waals surface area contributed by atoms with Gasteiger partial charge in [0, 0.05) is 48.8 Å². The molecule has 178 valence electrons. The fraction of sp³-hybridized carbons (Fsp3) is 0.360. The van der Waals surface area contributed by atoms with Gasteiger partial charge in [-0.1, -0.05) is 6.07 Å². The second-order valence-corrected chi connectivity index (χ2v) is 8.98. The molecule has 35 heavy (non-hydrogen) atoms. The fourth-order valence-electron chi connectivity index (χ4n) is 5.07. The molecule has 2 aliphatic rings. The van der Waals surface area contributed by atoms with E-state index in [0.717, 1.165) is 39.5 Å². The molecule has 0 bridgehead atoms. The molecular weight excluding hydrogens is 444 g/mol. The first-order chi connectivity index (χ1) is 17.0. The predicted octanol–water partition coefficient (Wildman–Crippen LogP) is 2.78. The van der Waals surface area contributed by atoms with Gasteiger partial charge in [0.2, 0.25) is 5.91 Å². The number of benzene rings is 1. The molecule has 1 aromatic carbocycles. The average Bonchev–Trinajstić information content (AvgIpc) is 3.40. The van der Waals surface area contributed by atoms with Gasteiger partial charge in [0.1, 0.15) is 34.7 Å². The lowest BCUT2D eigenvalue weighted by molar-refractivity contribution is -0.129. The molecule has 0 spiro atoms. The van der Waals surface area contributed by atoms with E-state index >= 15 is 0 Å². The molecule has 1 amide bonds. The number of hydrogen-bond acceptors (Lipinski definition) is 8. The number of amides is 1. The maximum atomic E-state index is 13.1. The van der Waals surface area contributed by atoms with Crippen LogP contribution in [-0.2, 0) is 21.6 Å². The van der Waals surface area contributed by atoms with E-state index in [0.29, 0.717) is 44.2 Å². The van der Waals surface area contributed by atoms with Crippen LogP contribution >= 0.6 is 0 Å². The summed E-state index contributed by atoms with van der Waals surface area (Å²) in [7, 11) is 0. The third-order valence-corrected chi connectivity index (χ3v) is 7.04. The minimum atomic E-state index is -0.769. The van der Waals surface area contributed by atoms with Crippen molar-refractivity contribution >= 4 is 22.8 Å². The Balaban J connectivity index is 1.50. The van der Waals surface area contributed by atoms with Crippen LogP contribution in [0.15, 0.2) is 36.9 Å². The first kappa shape index (κ1) is 21.8. The van der Waals surface area contributed by atoms with Gasteiger partial charge in [0.15, 0.2) is 5.65 Å². The number of morpholine rings is 1. The number of anilines is 1. The standard InChI is InChI=1S/C25H26N8O2/c1-4-33-22(17-12-26-15(2)27-13-17)31-21-20(28-14-29-23(21)33)16-5-6-19-18(11-16)25(3,24(34)30-19)32-7-9-35-10-8-32/h5-6,11-14H,4,7-10H2,1-3H3,(H,30,34). The average molecular weight is 471 g/mol. The zero-order chi connectivity index (χ0) is 24.2. The smallest absolute Gasteiger partial charge is 0.249 e. The van der Waals surface area contributed by atoms with Crippen LogP contribution < -0.4 is 5.32 Å². The third-order valence-electron chi connectivity index (χ3n) is 7.04. The lowest BCUT2D eigenvalue weighted by Gasteiger charge is -2.39. The summed E-state index contributed by atoms with van der Waals surface area (Å²) in [5.41, 5.74) is 4.89. The summed E-state index contributed by atoms with van der Waals surface area (Å²) in [4.78, 5) is 38.1. The molecule has 1 saturated heterocycles. The lowest BCUT2D eigenvalue weighted by Crippen LogP contribution is -2.53. The molecule has 2 aliphatic heterocycles. The van der Waals surface area contributed by atoms with Crippen molar-refractivity contribution in [2.24, 2.45) is 0 Å². The Morgan fingerprint density at radius 1 is 1.09 bits per heavy atom. The van der Waals surface area contributed by atoms with Crippen LogP contribution in [0, 0.1) is 6.92 Å². The summed E-state index contributed by atoms with van der Waals surface area (Å²) in [6.45, 7) is 9.22. The van der Waals surface area contributed by atoms with Crippen LogP contribution in [0.5, 0.6) is 0 Å². The molecule has 4 aromatic rings. The summed E-state index contributed by atoms with van der Waals surface area (Å²) in [6.07, 6.45) is 5.13. The minimum Gasteiger partial charge on any atom is -0.379 e. The van der Waals surface area contributed by atoms with Crippen molar-refractivity contribution in [3.63, 3.8) is 0 Å². The molecule has 0 radical (unpaired) electrons. The van der Waals surface area contributed by atoms with E-state index in [1.165, 1.54) is 0 Å². The Morgan fingerprint density at radius 3 is 2.60 bits per heavy atom. The van der Waals surface area contributed by atoms with Gasteiger partial charge in [0.25, 0.3) is 0 Å². The van der Waals surface area contributed by atoms with E-state index in [9.17, 15) is 4.79 Å². The van der Waals surface area contributed by atoms with Gasteiger partial charge in [-0.25, -0.2) is 24.9 Å². The fourth-order valence-corrected chi connectivity index (χ4v) is 5.07.